The van der Waals surface area contributed by atoms with E-state index in [2.05, 4.69) is 16.8 Å². The van der Waals surface area contributed by atoms with E-state index in [0.717, 1.165) is 51.1 Å². The molecule has 19 heavy (non-hydrogen) atoms. The molecule has 0 amide bonds. The van der Waals surface area contributed by atoms with Gasteiger partial charge in [-0.3, -0.25) is 0 Å². The van der Waals surface area contributed by atoms with E-state index in [-0.39, 0.29) is 5.75 Å². The molecule has 0 unspecified atom stereocenters. The van der Waals surface area contributed by atoms with Crippen molar-refractivity contribution in [3.05, 3.63) is 27.7 Å². The number of piperazine rings is 1. The molecule has 1 heterocycles. The first-order valence-corrected chi connectivity index (χ1v) is 7.39. The van der Waals surface area contributed by atoms with Gasteiger partial charge in [-0.1, -0.05) is 23.2 Å². The van der Waals surface area contributed by atoms with Crippen LogP contribution in [0.2, 0.25) is 10.0 Å². The second-order valence-electron chi connectivity index (χ2n) is 5.14. The Balaban J connectivity index is 1.83. The predicted octanol–water partition coefficient (Wildman–Crippen LogP) is 2.88. The third-order valence-corrected chi connectivity index (χ3v) is 4.13. The van der Waals surface area contributed by atoms with E-state index >= 15 is 0 Å². The molecule has 0 aliphatic carbocycles. The normalized spacial score (nSPS) is 17.8. The van der Waals surface area contributed by atoms with Crippen LogP contribution in [0, 0.1) is 0 Å². The number of rotatable bonds is 4. The van der Waals surface area contributed by atoms with Crippen LogP contribution in [-0.4, -0.2) is 54.7 Å². The SMILES string of the molecule is CN1CCN(CCCc2cc(Cl)cc(Cl)c2O)CC1. The molecule has 0 aromatic heterocycles. The third-order valence-electron chi connectivity index (χ3n) is 3.62. The van der Waals surface area contributed by atoms with Crippen LogP contribution in [0.1, 0.15) is 12.0 Å². The number of benzene rings is 1. The fourth-order valence-corrected chi connectivity index (χ4v) is 2.91. The number of phenolic OH excluding ortho intramolecular Hbond substituents is 1. The van der Waals surface area contributed by atoms with E-state index in [0.29, 0.717) is 10.0 Å². The molecular weight excluding hydrogens is 283 g/mol. The van der Waals surface area contributed by atoms with Gasteiger partial charge < -0.3 is 14.9 Å². The first-order valence-electron chi connectivity index (χ1n) is 6.64. The van der Waals surface area contributed by atoms with Crippen molar-refractivity contribution in [2.75, 3.05) is 39.8 Å². The van der Waals surface area contributed by atoms with E-state index in [9.17, 15) is 5.11 Å². The summed E-state index contributed by atoms with van der Waals surface area (Å²) in [6, 6.07) is 3.37. The van der Waals surface area contributed by atoms with E-state index < -0.39 is 0 Å². The summed E-state index contributed by atoms with van der Waals surface area (Å²) < 4.78 is 0. The molecule has 0 bridgehead atoms. The molecule has 0 atom stereocenters. The highest BCUT2D eigenvalue weighted by Gasteiger charge is 2.14. The number of likely N-dealkylation sites (N-methyl/N-ethyl adjacent to an activating group) is 1. The van der Waals surface area contributed by atoms with Gasteiger partial charge in [-0.15, -0.1) is 0 Å². The molecule has 1 aliphatic rings. The molecule has 0 saturated carbocycles. The van der Waals surface area contributed by atoms with Crippen molar-refractivity contribution < 1.29 is 5.11 Å². The lowest BCUT2D eigenvalue weighted by Crippen LogP contribution is -2.44. The summed E-state index contributed by atoms with van der Waals surface area (Å²) in [7, 11) is 2.16. The highest BCUT2D eigenvalue weighted by molar-refractivity contribution is 6.35. The van der Waals surface area contributed by atoms with Crippen LogP contribution in [0.25, 0.3) is 0 Å². The Morgan fingerprint density at radius 1 is 1.16 bits per heavy atom. The molecule has 1 aromatic rings. The second-order valence-corrected chi connectivity index (χ2v) is 5.99. The topological polar surface area (TPSA) is 26.7 Å². The fourth-order valence-electron chi connectivity index (χ4n) is 2.37. The van der Waals surface area contributed by atoms with Gasteiger partial charge in [0.1, 0.15) is 5.75 Å². The fraction of sp³-hybridized carbons (Fsp3) is 0.571. The largest absolute Gasteiger partial charge is 0.506 e. The lowest BCUT2D eigenvalue weighted by Gasteiger charge is -2.32. The summed E-state index contributed by atoms with van der Waals surface area (Å²) in [4.78, 5) is 4.81. The summed E-state index contributed by atoms with van der Waals surface area (Å²) >= 11 is 11.9. The Labute approximate surface area is 124 Å². The van der Waals surface area contributed by atoms with Crippen molar-refractivity contribution in [3.8, 4) is 5.75 Å². The van der Waals surface area contributed by atoms with Crippen molar-refractivity contribution in [1.82, 2.24) is 9.80 Å². The number of aromatic hydroxyl groups is 1. The molecule has 1 saturated heterocycles. The Kier molecular flexibility index (Phi) is 5.34. The van der Waals surface area contributed by atoms with Crippen molar-refractivity contribution >= 4 is 23.2 Å². The monoisotopic (exact) mass is 302 g/mol. The summed E-state index contributed by atoms with van der Waals surface area (Å²) in [6.07, 6.45) is 1.81. The molecule has 0 spiro atoms. The van der Waals surface area contributed by atoms with Crippen molar-refractivity contribution in [3.63, 3.8) is 0 Å². The minimum absolute atomic E-state index is 0.171. The third kappa shape index (κ3) is 4.25. The predicted molar refractivity (Wildman–Crippen MR) is 80.4 cm³/mol. The molecule has 5 heteroatoms. The van der Waals surface area contributed by atoms with E-state index in [1.165, 1.54) is 0 Å². The zero-order chi connectivity index (χ0) is 13.8. The van der Waals surface area contributed by atoms with Gasteiger partial charge in [-0.2, -0.15) is 0 Å². The summed E-state index contributed by atoms with van der Waals surface area (Å²) in [5.41, 5.74) is 0.839. The smallest absolute Gasteiger partial charge is 0.137 e. The first kappa shape index (κ1) is 14.9. The molecule has 0 radical (unpaired) electrons. The number of aryl methyl sites for hydroxylation is 1. The lowest BCUT2D eigenvalue weighted by molar-refractivity contribution is 0.153. The number of nitrogens with zero attached hydrogens (tertiary/aromatic N) is 2. The molecule has 1 fully saturated rings. The number of hydrogen-bond donors (Lipinski definition) is 1. The zero-order valence-corrected chi connectivity index (χ0v) is 12.7. The van der Waals surface area contributed by atoms with Gasteiger partial charge in [0.05, 0.1) is 5.02 Å². The van der Waals surface area contributed by atoms with Gasteiger partial charge in [0.15, 0.2) is 0 Å². The van der Waals surface area contributed by atoms with E-state index in [4.69, 9.17) is 23.2 Å². The summed E-state index contributed by atoms with van der Waals surface area (Å²) in [5.74, 6) is 0.171. The van der Waals surface area contributed by atoms with Crippen LogP contribution < -0.4 is 0 Å². The minimum atomic E-state index is 0.171. The number of halogens is 2. The van der Waals surface area contributed by atoms with Crippen LogP contribution in [0.15, 0.2) is 12.1 Å². The van der Waals surface area contributed by atoms with Crippen LogP contribution in [0.5, 0.6) is 5.75 Å². The molecule has 1 aromatic carbocycles. The number of hydrogen-bond acceptors (Lipinski definition) is 3. The summed E-state index contributed by atoms with van der Waals surface area (Å²) in [5, 5.41) is 10.8. The molecule has 3 nitrogen and oxygen atoms in total. The van der Waals surface area contributed by atoms with Gasteiger partial charge in [-0.05, 0) is 44.1 Å². The van der Waals surface area contributed by atoms with Crippen LogP contribution in [0.3, 0.4) is 0 Å². The zero-order valence-electron chi connectivity index (χ0n) is 11.2. The average molecular weight is 303 g/mol. The maximum absolute atomic E-state index is 9.88. The van der Waals surface area contributed by atoms with Crippen LogP contribution in [0.4, 0.5) is 0 Å². The summed E-state index contributed by atoms with van der Waals surface area (Å²) in [6.45, 7) is 5.57. The van der Waals surface area contributed by atoms with E-state index in [1.54, 1.807) is 12.1 Å². The Bertz CT molecular complexity index is 432. The first-order chi connectivity index (χ1) is 9.06. The van der Waals surface area contributed by atoms with Gasteiger partial charge in [0.25, 0.3) is 0 Å². The van der Waals surface area contributed by atoms with Gasteiger partial charge in [-0.25, -0.2) is 0 Å². The molecule has 1 N–H and O–H groups in total. The van der Waals surface area contributed by atoms with Crippen molar-refractivity contribution in [2.24, 2.45) is 0 Å². The average Bonchev–Trinajstić information content (AvgIpc) is 2.37. The number of phenols is 1. The Morgan fingerprint density at radius 3 is 2.53 bits per heavy atom. The van der Waals surface area contributed by atoms with Gasteiger partial charge in [0, 0.05) is 31.2 Å². The highest BCUT2D eigenvalue weighted by Crippen LogP contribution is 2.31. The van der Waals surface area contributed by atoms with Crippen LogP contribution >= 0.6 is 23.2 Å². The molecule has 106 valence electrons. The van der Waals surface area contributed by atoms with Crippen molar-refractivity contribution in [2.45, 2.75) is 12.8 Å². The van der Waals surface area contributed by atoms with Gasteiger partial charge in [0.2, 0.25) is 0 Å². The second kappa shape index (κ2) is 6.80. The highest BCUT2D eigenvalue weighted by atomic mass is 35.5. The standard InChI is InChI=1S/C14H20Cl2N2O/c1-17-5-7-18(8-6-17)4-2-3-11-9-12(15)10-13(16)14(11)19/h9-10,19H,2-8H2,1H3. The Morgan fingerprint density at radius 2 is 1.84 bits per heavy atom. The van der Waals surface area contributed by atoms with Crippen LogP contribution in [-0.2, 0) is 6.42 Å². The Hall–Kier alpha value is -0.480. The minimum Gasteiger partial charge on any atom is -0.506 e. The molecular formula is C14H20Cl2N2O. The van der Waals surface area contributed by atoms with Gasteiger partial charge >= 0.3 is 0 Å². The maximum Gasteiger partial charge on any atom is 0.137 e. The molecule has 2 rings (SSSR count). The molecule has 1 aliphatic heterocycles. The maximum atomic E-state index is 9.88. The lowest BCUT2D eigenvalue weighted by atomic mass is 10.1. The van der Waals surface area contributed by atoms with Crippen molar-refractivity contribution in [1.29, 1.82) is 0 Å². The van der Waals surface area contributed by atoms with E-state index in [1.807, 2.05) is 0 Å². The quantitative estimate of drug-likeness (QED) is 0.926.